The Hall–Kier alpha value is -1.55. The van der Waals surface area contributed by atoms with Gasteiger partial charge in [0.15, 0.2) is 0 Å². The maximum Gasteiger partial charge on any atom is 0.328 e. The average molecular weight is 277 g/mol. The third-order valence-electron chi connectivity index (χ3n) is 4.20. The van der Waals surface area contributed by atoms with Crippen LogP contribution in [0.15, 0.2) is 24.3 Å². The fourth-order valence-corrected chi connectivity index (χ4v) is 2.92. The molecule has 1 aromatic carbocycles. The number of phenols is 1. The molecule has 0 amide bonds. The van der Waals surface area contributed by atoms with E-state index >= 15 is 0 Å². The Morgan fingerprint density at radius 3 is 2.45 bits per heavy atom. The molecule has 1 aliphatic carbocycles. The van der Waals surface area contributed by atoms with Crippen LogP contribution >= 0.6 is 0 Å². The van der Waals surface area contributed by atoms with Gasteiger partial charge in [0.1, 0.15) is 11.3 Å². The second kappa shape index (κ2) is 6.27. The van der Waals surface area contributed by atoms with Crippen LogP contribution in [0.4, 0.5) is 0 Å². The van der Waals surface area contributed by atoms with Gasteiger partial charge in [0, 0.05) is 6.04 Å². The van der Waals surface area contributed by atoms with Gasteiger partial charge in [-0.1, -0.05) is 37.8 Å². The second-order valence-corrected chi connectivity index (χ2v) is 5.81. The van der Waals surface area contributed by atoms with Crippen LogP contribution in [-0.2, 0) is 10.3 Å². The molecule has 0 aromatic heterocycles. The predicted molar refractivity (Wildman–Crippen MR) is 77.7 cm³/mol. The van der Waals surface area contributed by atoms with Crippen LogP contribution in [0.1, 0.15) is 51.0 Å². The van der Waals surface area contributed by atoms with E-state index in [0.717, 1.165) is 25.7 Å². The molecule has 0 spiro atoms. The summed E-state index contributed by atoms with van der Waals surface area (Å²) in [5, 5.41) is 22.5. The highest BCUT2D eigenvalue weighted by atomic mass is 16.4. The Morgan fingerprint density at radius 1 is 1.25 bits per heavy atom. The molecule has 4 nitrogen and oxygen atoms in total. The summed E-state index contributed by atoms with van der Waals surface area (Å²) in [6.07, 6.45) is 6.78. The Labute approximate surface area is 119 Å². The molecular formula is C16H23NO3. The third kappa shape index (κ3) is 3.31. The number of carbonyl (C=O) groups is 1. The Balaban J connectivity index is 2.22. The molecule has 0 saturated heterocycles. The minimum atomic E-state index is -1.16. The SMILES string of the molecule is CC(NC1CCCCCC1)(C(=O)O)c1cccc(O)c1. The van der Waals surface area contributed by atoms with E-state index < -0.39 is 11.5 Å². The summed E-state index contributed by atoms with van der Waals surface area (Å²) in [5.74, 6) is -0.815. The molecule has 2 rings (SSSR count). The Kier molecular flexibility index (Phi) is 4.65. The molecule has 0 heterocycles. The number of nitrogens with one attached hydrogen (secondary N) is 1. The molecule has 0 radical (unpaired) electrons. The van der Waals surface area contributed by atoms with E-state index in [1.165, 1.54) is 18.9 Å². The highest BCUT2D eigenvalue weighted by Crippen LogP contribution is 2.28. The Morgan fingerprint density at radius 2 is 1.90 bits per heavy atom. The van der Waals surface area contributed by atoms with Gasteiger partial charge in [-0.2, -0.15) is 0 Å². The van der Waals surface area contributed by atoms with Crippen molar-refractivity contribution in [3.05, 3.63) is 29.8 Å². The molecule has 0 bridgehead atoms. The van der Waals surface area contributed by atoms with Gasteiger partial charge in [-0.3, -0.25) is 5.32 Å². The zero-order valence-electron chi connectivity index (χ0n) is 11.9. The molecule has 1 unspecified atom stereocenters. The first-order chi connectivity index (χ1) is 9.52. The monoisotopic (exact) mass is 277 g/mol. The fraction of sp³-hybridized carbons (Fsp3) is 0.562. The fourth-order valence-electron chi connectivity index (χ4n) is 2.92. The van der Waals surface area contributed by atoms with Gasteiger partial charge in [-0.05, 0) is 37.5 Å². The standard InChI is InChI=1S/C16H23NO3/c1-16(15(19)20,12-7-6-10-14(18)11-12)17-13-8-4-2-3-5-9-13/h6-7,10-11,13,17-18H,2-5,8-9H2,1H3,(H,19,20). The molecule has 1 atom stereocenters. The molecule has 110 valence electrons. The van der Waals surface area contributed by atoms with Gasteiger partial charge in [0.05, 0.1) is 0 Å². The van der Waals surface area contributed by atoms with Crippen molar-refractivity contribution in [2.45, 2.75) is 57.0 Å². The van der Waals surface area contributed by atoms with E-state index in [-0.39, 0.29) is 11.8 Å². The molecular weight excluding hydrogens is 254 g/mol. The maximum absolute atomic E-state index is 11.7. The van der Waals surface area contributed by atoms with Gasteiger partial charge in [-0.15, -0.1) is 0 Å². The summed E-state index contributed by atoms with van der Waals surface area (Å²) >= 11 is 0. The van der Waals surface area contributed by atoms with Crippen LogP contribution in [0.5, 0.6) is 5.75 Å². The van der Waals surface area contributed by atoms with Gasteiger partial charge < -0.3 is 10.2 Å². The zero-order chi connectivity index (χ0) is 14.6. The van der Waals surface area contributed by atoms with E-state index in [4.69, 9.17) is 0 Å². The number of aromatic hydroxyl groups is 1. The lowest BCUT2D eigenvalue weighted by Crippen LogP contribution is -2.51. The first-order valence-corrected chi connectivity index (χ1v) is 7.33. The van der Waals surface area contributed by atoms with Crippen LogP contribution in [-0.4, -0.2) is 22.2 Å². The van der Waals surface area contributed by atoms with Gasteiger partial charge in [-0.25, -0.2) is 4.79 Å². The summed E-state index contributed by atoms with van der Waals surface area (Å²) in [4.78, 5) is 11.7. The van der Waals surface area contributed by atoms with Crippen LogP contribution in [0.2, 0.25) is 0 Å². The third-order valence-corrected chi connectivity index (χ3v) is 4.20. The highest BCUT2D eigenvalue weighted by molar-refractivity contribution is 5.80. The highest BCUT2D eigenvalue weighted by Gasteiger charge is 2.37. The van der Waals surface area contributed by atoms with E-state index in [9.17, 15) is 15.0 Å². The van der Waals surface area contributed by atoms with Gasteiger partial charge >= 0.3 is 5.97 Å². The molecule has 4 heteroatoms. The molecule has 1 aliphatic rings. The average Bonchev–Trinajstić information content (AvgIpc) is 2.67. The largest absolute Gasteiger partial charge is 0.508 e. The maximum atomic E-state index is 11.7. The van der Waals surface area contributed by atoms with Crippen molar-refractivity contribution in [1.29, 1.82) is 0 Å². The summed E-state index contributed by atoms with van der Waals surface area (Å²) in [6.45, 7) is 1.68. The molecule has 1 fully saturated rings. The number of hydrogen-bond donors (Lipinski definition) is 3. The number of benzene rings is 1. The summed E-state index contributed by atoms with van der Waals surface area (Å²) in [7, 11) is 0. The molecule has 1 saturated carbocycles. The van der Waals surface area contributed by atoms with Gasteiger partial charge in [0.25, 0.3) is 0 Å². The van der Waals surface area contributed by atoms with E-state index in [1.807, 2.05) is 0 Å². The number of phenolic OH excluding ortho intramolecular Hbond substituents is 1. The molecule has 1 aromatic rings. The smallest absolute Gasteiger partial charge is 0.328 e. The zero-order valence-corrected chi connectivity index (χ0v) is 11.9. The van der Waals surface area contributed by atoms with E-state index in [2.05, 4.69) is 5.32 Å². The number of hydrogen-bond acceptors (Lipinski definition) is 3. The first kappa shape index (κ1) is 14.9. The number of aliphatic carboxylic acids is 1. The number of rotatable bonds is 4. The van der Waals surface area contributed by atoms with Gasteiger partial charge in [0.2, 0.25) is 0 Å². The normalized spacial score (nSPS) is 20.1. The second-order valence-electron chi connectivity index (χ2n) is 5.81. The van der Waals surface area contributed by atoms with Crippen molar-refractivity contribution in [1.82, 2.24) is 5.32 Å². The number of carboxylic acid groups (broad SMARTS) is 1. The van der Waals surface area contributed by atoms with Crippen LogP contribution in [0, 0.1) is 0 Å². The quantitative estimate of drug-likeness (QED) is 0.740. The first-order valence-electron chi connectivity index (χ1n) is 7.33. The van der Waals surface area contributed by atoms with Crippen LogP contribution < -0.4 is 5.32 Å². The predicted octanol–water partition coefficient (Wildman–Crippen LogP) is 3.00. The van der Waals surface area contributed by atoms with E-state index in [1.54, 1.807) is 25.1 Å². The minimum Gasteiger partial charge on any atom is -0.508 e. The van der Waals surface area contributed by atoms with Crippen molar-refractivity contribution in [2.75, 3.05) is 0 Å². The van der Waals surface area contributed by atoms with Crippen molar-refractivity contribution >= 4 is 5.97 Å². The molecule has 3 N–H and O–H groups in total. The van der Waals surface area contributed by atoms with Crippen molar-refractivity contribution < 1.29 is 15.0 Å². The van der Waals surface area contributed by atoms with Crippen LogP contribution in [0.25, 0.3) is 0 Å². The van der Waals surface area contributed by atoms with Crippen molar-refractivity contribution in [3.8, 4) is 5.75 Å². The van der Waals surface area contributed by atoms with Crippen LogP contribution in [0.3, 0.4) is 0 Å². The summed E-state index contributed by atoms with van der Waals surface area (Å²) in [6, 6.07) is 6.73. The lowest BCUT2D eigenvalue weighted by Gasteiger charge is -2.32. The minimum absolute atomic E-state index is 0.0950. The lowest BCUT2D eigenvalue weighted by molar-refractivity contribution is -0.145. The summed E-state index contributed by atoms with van der Waals surface area (Å²) in [5.41, 5.74) is -0.567. The Bertz CT molecular complexity index is 467. The number of carboxylic acids is 1. The van der Waals surface area contributed by atoms with E-state index in [0.29, 0.717) is 5.56 Å². The lowest BCUT2D eigenvalue weighted by atomic mass is 9.90. The van der Waals surface area contributed by atoms with Crippen molar-refractivity contribution in [3.63, 3.8) is 0 Å². The topological polar surface area (TPSA) is 69.6 Å². The molecule has 0 aliphatic heterocycles. The van der Waals surface area contributed by atoms with Crippen molar-refractivity contribution in [2.24, 2.45) is 0 Å². The molecule has 20 heavy (non-hydrogen) atoms. The summed E-state index contributed by atoms with van der Waals surface area (Å²) < 4.78 is 0.